The molecule has 4 heteroatoms. The highest BCUT2D eigenvalue weighted by Crippen LogP contribution is 2.35. The Hall–Kier alpha value is -2.13. The van der Waals surface area contributed by atoms with Crippen molar-refractivity contribution < 1.29 is 4.42 Å². The smallest absolute Gasteiger partial charge is 0.222 e. The topological polar surface area (TPSA) is 38.9 Å². The summed E-state index contributed by atoms with van der Waals surface area (Å²) in [5.74, 6) is 2.16. The van der Waals surface area contributed by atoms with Crippen molar-refractivity contribution in [2.24, 2.45) is 0 Å². The third kappa shape index (κ3) is 3.09. The minimum Gasteiger partial charge on any atom is -0.441 e. The van der Waals surface area contributed by atoms with Gasteiger partial charge in [0.1, 0.15) is 5.76 Å². The Kier molecular flexibility index (Phi) is 4.35. The molecule has 0 spiro atoms. The minimum atomic E-state index is 0.370. The zero-order valence-electron chi connectivity index (χ0n) is 13.4. The zero-order valence-corrected chi connectivity index (χ0v) is 14.2. The lowest BCUT2D eigenvalue weighted by Crippen LogP contribution is -2.03. The molecule has 0 aliphatic heterocycles. The molecule has 0 amide bonds. The van der Waals surface area contributed by atoms with Crippen LogP contribution in [0.2, 0.25) is 5.02 Å². The maximum absolute atomic E-state index is 6.32. The Labute approximate surface area is 146 Å². The number of fused-ring (bicyclic) bond motifs is 1. The van der Waals surface area contributed by atoms with E-state index in [2.05, 4.69) is 23.2 Å². The molecule has 0 bridgehead atoms. The molecule has 2 aromatic heterocycles. The van der Waals surface area contributed by atoms with Gasteiger partial charge in [0.25, 0.3) is 0 Å². The molecule has 1 atom stereocenters. The first-order valence-corrected chi connectivity index (χ1v) is 8.81. The number of nitrogens with zero attached hydrogens (tertiary/aromatic N) is 2. The van der Waals surface area contributed by atoms with E-state index in [9.17, 15) is 0 Å². The molecule has 0 radical (unpaired) electrons. The summed E-state index contributed by atoms with van der Waals surface area (Å²) in [4.78, 5) is 9.26. The second-order valence-corrected chi connectivity index (χ2v) is 6.65. The minimum absolute atomic E-state index is 0.370. The van der Waals surface area contributed by atoms with Gasteiger partial charge in [0.15, 0.2) is 0 Å². The normalized spacial score (nSPS) is 20.2. The van der Waals surface area contributed by atoms with Gasteiger partial charge in [-0.1, -0.05) is 42.0 Å². The fourth-order valence-electron chi connectivity index (χ4n) is 3.38. The van der Waals surface area contributed by atoms with Crippen molar-refractivity contribution in [1.29, 1.82) is 0 Å². The van der Waals surface area contributed by atoms with Crippen LogP contribution in [0.3, 0.4) is 0 Å². The second-order valence-electron chi connectivity index (χ2n) is 6.24. The molecule has 1 unspecified atom stereocenters. The number of rotatable bonds is 2. The number of hydrogen-bond acceptors (Lipinski definition) is 3. The molecule has 0 fully saturated rings. The number of hydrogen-bond donors (Lipinski definition) is 0. The van der Waals surface area contributed by atoms with E-state index in [1.54, 1.807) is 0 Å². The van der Waals surface area contributed by atoms with Gasteiger partial charge in [-0.05, 0) is 37.8 Å². The molecule has 2 aromatic rings. The molecule has 0 N–H and O–H groups in total. The first kappa shape index (κ1) is 15.4. The highest BCUT2D eigenvalue weighted by atomic mass is 35.5. The molecule has 2 heterocycles. The van der Waals surface area contributed by atoms with Gasteiger partial charge in [0, 0.05) is 24.1 Å². The van der Waals surface area contributed by atoms with Crippen LogP contribution in [0.15, 0.2) is 53.1 Å². The van der Waals surface area contributed by atoms with E-state index in [4.69, 9.17) is 21.0 Å². The molecule has 2 aliphatic rings. The Balaban J connectivity index is 1.54. The summed E-state index contributed by atoms with van der Waals surface area (Å²) in [5.41, 5.74) is 3.24. The maximum atomic E-state index is 6.32. The van der Waals surface area contributed by atoms with E-state index in [0.29, 0.717) is 5.92 Å². The summed E-state index contributed by atoms with van der Waals surface area (Å²) in [6.07, 6.45) is 16.8. The highest BCUT2D eigenvalue weighted by Gasteiger charge is 2.25. The van der Waals surface area contributed by atoms with Gasteiger partial charge in [-0.3, -0.25) is 4.98 Å². The van der Waals surface area contributed by atoms with Crippen LogP contribution in [0, 0.1) is 0 Å². The first-order chi connectivity index (χ1) is 11.8. The van der Waals surface area contributed by atoms with Crippen LogP contribution in [0.1, 0.15) is 48.2 Å². The van der Waals surface area contributed by atoms with Crippen LogP contribution in [-0.4, -0.2) is 9.97 Å². The van der Waals surface area contributed by atoms with Crippen molar-refractivity contribution >= 4 is 17.2 Å². The Morgan fingerprint density at radius 3 is 2.96 bits per heavy atom. The van der Waals surface area contributed by atoms with Gasteiger partial charge in [-0.2, -0.15) is 0 Å². The van der Waals surface area contributed by atoms with E-state index in [0.717, 1.165) is 65.7 Å². The Morgan fingerprint density at radius 1 is 1.12 bits per heavy atom. The quantitative estimate of drug-likeness (QED) is 0.699. The molecule has 0 aromatic carbocycles. The molecule has 24 heavy (non-hydrogen) atoms. The number of halogens is 1. The lowest BCUT2D eigenvalue weighted by atomic mass is 9.95. The number of aromatic nitrogens is 2. The summed E-state index contributed by atoms with van der Waals surface area (Å²) in [7, 11) is 0. The van der Waals surface area contributed by atoms with Gasteiger partial charge in [0.2, 0.25) is 5.89 Å². The molecular weight excluding hydrogens is 320 g/mol. The lowest BCUT2D eigenvalue weighted by molar-refractivity contribution is 0.473. The van der Waals surface area contributed by atoms with E-state index in [1.165, 1.54) is 0 Å². The van der Waals surface area contributed by atoms with Crippen LogP contribution < -0.4 is 0 Å². The number of pyridine rings is 1. The molecule has 0 saturated carbocycles. The SMILES string of the molecule is Clc1cccnc1C1CCc2nc(C3=CC=CC=CC3)oc2CC1. The maximum Gasteiger partial charge on any atom is 0.222 e. The summed E-state index contributed by atoms with van der Waals surface area (Å²) < 4.78 is 6.09. The van der Waals surface area contributed by atoms with E-state index < -0.39 is 0 Å². The molecule has 2 aliphatic carbocycles. The van der Waals surface area contributed by atoms with Gasteiger partial charge in [-0.15, -0.1) is 0 Å². The zero-order chi connectivity index (χ0) is 16.4. The monoisotopic (exact) mass is 338 g/mol. The summed E-state index contributed by atoms with van der Waals surface area (Å²) >= 11 is 6.32. The average Bonchev–Trinajstić information content (AvgIpc) is 2.78. The largest absolute Gasteiger partial charge is 0.441 e. The van der Waals surface area contributed by atoms with Crippen molar-refractivity contribution in [3.8, 4) is 0 Å². The number of allylic oxidation sites excluding steroid dienone is 6. The van der Waals surface area contributed by atoms with Gasteiger partial charge in [-0.25, -0.2) is 4.98 Å². The summed E-state index contributed by atoms with van der Waals surface area (Å²) in [6.45, 7) is 0. The third-order valence-corrected chi connectivity index (χ3v) is 4.99. The van der Waals surface area contributed by atoms with Crippen LogP contribution in [0.5, 0.6) is 0 Å². The molecular formula is C20H19ClN2O. The number of oxazole rings is 1. The third-order valence-electron chi connectivity index (χ3n) is 4.67. The van der Waals surface area contributed by atoms with Crippen molar-refractivity contribution in [3.63, 3.8) is 0 Å². The van der Waals surface area contributed by atoms with Crippen molar-refractivity contribution in [2.45, 2.75) is 38.0 Å². The molecule has 0 saturated heterocycles. The van der Waals surface area contributed by atoms with Crippen molar-refractivity contribution in [1.82, 2.24) is 9.97 Å². The Morgan fingerprint density at radius 2 is 2.04 bits per heavy atom. The predicted octanol–water partition coefficient (Wildman–Crippen LogP) is 5.29. The summed E-state index contributed by atoms with van der Waals surface area (Å²) in [6, 6.07) is 3.80. The standard InChI is InChI=1S/C20H19ClN2O/c21-16-8-5-13-22-19(16)14-9-11-17-18(12-10-14)24-20(23-17)15-6-3-1-2-4-7-15/h1-6,8,13-14H,7,9-12H2. The number of aryl methyl sites for hydroxylation is 2. The predicted molar refractivity (Wildman–Crippen MR) is 96.0 cm³/mol. The Bertz CT molecular complexity index is 806. The van der Waals surface area contributed by atoms with E-state index in [1.807, 2.05) is 30.5 Å². The molecule has 3 nitrogen and oxygen atoms in total. The highest BCUT2D eigenvalue weighted by molar-refractivity contribution is 6.31. The second kappa shape index (κ2) is 6.78. The average molecular weight is 339 g/mol. The van der Waals surface area contributed by atoms with Gasteiger partial charge >= 0.3 is 0 Å². The van der Waals surface area contributed by atoms with Crippen LogP contribution in [-0.2, 0) is 12.8 Å². The van der Waals surface area contributed by atoms with Crippen LogP contribution in [0.25, 0.3) is 5.57 Å². The van der Waals surface area contributed by atoms with E-state index >= 15 is 0 Å². The lowest BCUT2D eigenvalue weighted by Gasteiger charge is -2.14. The summed E-state index contributed by atoms with van der Waals surface area (Å²) in [5, 5.41) is 0.761. The van der Waals surface area contributed by atoms with Crippen molar-refractivity contribution in [2.75, 3.05) is 0 Å². The van der Waals surface area contributed by atoms with Crippen LogP contribution in [0.4, 0.5) is 0 Å². The fraction of sp³-hybridized carbons (Fsp3) is 0.300. The van der Waals surface area contributed by atoms with Gasteiger partial charge in [0.05, 0.1) is 16.4 Å². The fourth-order valence-corrected chi connectivity index (χ4v) is 3.66. The molecule has 4 rings (SSSR count). The van der Waals surface area contributed by atoms with Crippen molar-refractivity contribution in [3.05, 3.63) is 76.8 Å². The van der Waals surface area contributed by atoms with Gasteiger partial charge < -0.3 is 4.42 Å². The first-order valence-electron chi connectivity index (χ1n) is 8.43. The molecule has 122 valence electrons. The van der Waals surface area contributed by atoms with E-state index in [-0.39, 0.29) is 0 Å². The van der Waals surface area contributed by atoms with Crippen LogP contribution >= 0.6 is 11.6 Å².